The van der Waals surface area contributed by atoms with Gasteiger partial charge in [0, 0.05) is 11.8 Å². The van der Waals surface area contributed by atoms with E-state index < -0.39 is 0 Å². The molecule has 0 atom stereocenters. The molecule has 0 unspecified atom stereocenters. The highest BCUT2D eigenvalue weighted by molar-refractivity contribution is 5.71. The van der Waals surface area contributed by atoms with Gasteiger partial charge in [0.15, 0.2) is 6.61 Å². The number of nitrogens with two attached hydrogens (primary N) is 1. The second-order valence-corrected chi connectivity index (χ2v) is 3.94. The minimum atomic E-state index is -0.365. The normalized spacial score (nSPS) is 10.2. The van der Waals surface area contributed by atoms with Gasteiger partial charge in [0.05, 0.1) is 6.61 Å². The van der Waals surface area contributed by atoms with Crippen molar-refractivity contribution >= 4 is 11.7 Å². The summed E-state index contributed by atoms with van der Waals surface area (Å²) in [7, 11) is 0. The zero-order chi connectivity index (χ0) is 12.0. The van der Waals surface area contributed by atoms with Crippen LogP contribution in [0.2, 0.25) is 0 Å². The van der Waals surface area contributed by atoms with Crippen molar-refractivity contribution in [2.24, 2.45) is 5.92 Å². The van der Waals surface area contributed by atoms with Gasteiger partial charge in [0.1, 0.15) is 5.75 Å². The lowest BCUT2D eigenvalue weighted by Gasteiger charge is -2.08. The van der Waals surface area contributed by atoms with Crippen LogP contribution >= 0.6 is 0 Å². The standard InChI is InChI=1S/C12H17NO3/c1-9(2)7-16-12(14)8-15-11-5-3-4-10(13)6-11/h3-6,9H,7-8,13H2,1-2H3. The summed E-state index contributed by atoms with van der Waals surface area (Å²) < 4.78 is 10.2. The first-order valence-corrected chi connectivity index (χ1v) is 5.22. The number of benzene rings is 1. The van der Waals surface area contributed by atoms with Gasteiger partial charge in [-0.15, -0.1) is 0 Å². The van der Waals surface area contributed by atoms with Crippen LogP contribution in [0.3, 0.4) is 0 Å². The van der Waals surface area contributed by atoms with Crippen LogP contribution in [0.4, 0.5) is 5.69 Å². The van der Waals surface area contributed by atoms with Crippen LogP contribution in [0.15, 0.2) is 24.3 Å². The van der Waals surface area contributed by atoms with E-state index in [2.05, 4.69) is 0 Å². The molecule has 0 aliphatic rings. The Balaban J connectivity index is 2.31. The highest BCUT2D eigenvalue weighted by Crippen LogP contribution is 2.14. The summed E-state index contributed by atoms with van der Waals surface area (Å²) >= 11 is 0. The molecule has 4 heteroatoms. The minimum absolute atomic E-state index is 0.0871. The van der Waals surface area contributed by atoms with Gasteiger partial charge in [-0.25, -0.2) is 4.79 Å². The van der Waals surface area contributed by atoms with Crippen molar-refractivity contribution < 1.29 is 14.3 Å². The fourth-order valence-corrected chi connectivity index (χ4v) is 1.05. The molecule has 1 aromatic rings. The highest BCUT2D eigenvalue weighted by atomic mass is 16.6. The average Bonchev–Trinajstić information content (AvgIpc) is 2.23. The molecule has 0 aliphatic heterocycles. The third-order valence-electron chi connectivity index (χ3n) is 1.79. The molecule has 0 amide bonds. The van der Waals surface area contributed by atoms with E-state index >= 15 is 0 Å². The first-order valence-electron chi connectivity index (χ1n) is 5.22. The molecular weight excluding hydrogens is 206 g/mol. The third-order valence-corrected chi connectivity index (χ3v) is 1.79. The summed E-state index contributed by atoms with van der Waals surface area (Å²) in [5.74, 6) is 0.536. The number of carbonyl (C=O) groups excluding carboxylic acids is 1. The summed E-state index contributed by atoms with van der Waals surface area (Å²) in [5, 5.41) is 0. The van der Waals surface area contributed by atoms with Crippen LogP contribution in [-0.2, 0) is 9.53 Å². The molecule has 88 valence electrons. The molecule has 1 rings (SSSR count). The predicted molar refractivity (Wildman–Crippen MR) is 62.1 cm³/mol. The van der Waals surface area contributed by atoms with Crippen LogP contribution in [-0.4, -0.2) is 19.2 Å². The molecule has 0 radical (unpaired) electrons. The lowest BCUT2D eigenvalue weighted by atomic mass is 10.2. The Kier molecular flexibility index (Phi) is 4.64. The second-order valence-electron chi connectivity index (χ2n) is 3.94. The first kappa shape index (κ1) is 12.4. The van der Waals surface area contributed by atoms with E-state index in [0.717, 1.165) is 0 Å². The maximum atomic E-state index is 11.2. The van der Waals surface area contributed by atoms with Crippen molar-refractivity contribution in [2.75, 3.05) is 18.9 Å². The summed E-state index contributed by atoms with van der Waals surface area (Å²) in [4.78, 5) is 11.2. The molecule has 4 nitrogen and oxygen atoms in total. The average molecular weight is 223 g/mol. The smallest absolute Gasteiger partial charge is 0.344 e. The molecule has 2 N–H and O–H groups in total. The van der Waals surface area contributed by atoms with E-state index in [9.17, 15) is 4.79 Å². The van der Waals surface area contributed by atoms with Gasteiger partial charge < -0.3 is 15.2 Å². The number of ether oxygens (including phenoxy) is 2. The van der Waals surface area contributed by atoms with E-state index in [1.54, 1.807) is 24.3 Å². The number of hydrogen-bond donors (Lipinski definition) is 1. The Morgan fingerprint density at radius 3 is 2.81 bits per heavy atom. The summed E-state index contributed by atoms with van der Waals surface area (Å²) in [5.41, 5.74) is 6.17. The quantitative estimate of drug-likeness (QED) is 0.611. The van der Waals surface area contributed by atoms with E-state index in [1.165, 1.54) is 0 Å². The number of carbonyl (C=O) groups is 1. The largest absolute Gasteiger partial charge is 0.482 e. The SMILES string of the molecule is CC(C)COC(=O)COc1cccc(N)c1. The van der Waals surface area contributed by atoms with Crippen LogP contribution in [0.25, 0.3) is 0 Å². The van der Waals surface area contributed by atoms with Crippen LogP contribution in [0.1, 0.15) is 13.8 Å². The number of anilines is 1. The van der Waals surface area contributed by atoms with Crippen LogP contribution in [0.5, 0.6) is 5.75 Å². The number of esters is 1. The molecule has 0 fully saturated rings. The van der Waals surface area contributed by atoms with Crippen LogP contribution in [0, 0.1) is 5.92 Å². The first-order chi connectivity index (χ1) is 7.58. The van der Waals surface area contributed by atoms with Gasteiger partial charge in [-0.1, -0.05) is 19.9 Å². The summed E-state index contributed by atoms with van der Waals surface area (Å²) in [6, 6.07) is 6.93. The Bertz CT molecular complexity index is 350. The molecule has 0 bridgehead atoms. The van der Waals surface area contributed by atoms with Crippen molar-refractivity contribution in [3.63, 3.8) is 0 Å². The van der Waals surface area contributed by atoms with Gasteiger partial charge in [0.2, 0.25) is 0 Å². The molecular formula is C12H17NO3. The lowest BCUT2D eigenvalue weighted by Crippen LogP contribution is -2.17. The number of hydrogen-bond acceptors (Lipinski definition) is 4. The fraction of sp³-hybridized carbons (Fsp3) is 0.417. The third kappa shape index (κ3) is 4.68. The van der Waals surface area contributed by atoms with Crippen molar-refractivity contribution in [3.05, 3.63) is 24.3 Å². The van der Waals surface area contributed by atoms with Gasteiger partial charge in [-0.05, 0) is 18.1 Å². The van der Waals surface area contributed by atoms with Crippen molar-refractivity contribution in [2.45, 2.75) is 13.8 Å². The fourth-order valence-electron chi connectivity index (χ4n) is 1.05. The van der Waals surface area contributed by atoms with E-state index in [4.69, 9.17) is 15.2 Å². The minimum Gasteiger partial charge on any atom is -0.482 e. The van der Waals surface area contributed by atoms with Crippen molar-refractivity contribution in [3.8, 4) is 5.75 Å². The lowest BCUT2D eigenvalue weighted by molar-refractivity contribution is -0.147. The maximum absolute atomic E-state index is 11.2. The maximum Gasteiger partial charge on any atom is 0.344 e. The molecule has 0 heterocycles. The van der Waals surface area contributed by atoms with Crippen LogP contribution < -0.4 is 10.5 Å². The molecule has 0 saturated carbocycles. The zero-order valence-corrected chi connectivity index (χ0v) is 9.60. The van der Waals surface area contributed by atoms with Crippen molar-refractivity contribution in [1.82, 2.24) is 0 Å². The Hall–Kier alpha value is -1.71. The topological polar surface area (TPSA) is 61.5 Å². The predicted octanol–water partition coefficient (Wildman–Crippen LogP) is 1.85. The highest BCUT2D eigenvalue weighted by Gasteiger charge is 2.05. The second kappa shape index (κ2) is 6.00. The molecule has 16 heavy (non-hydrogen) atoms. The van der Waals surface area contributed by atoms with Gasteiger partial charge >= 0.3 is 5.97 Å². The van der Waals surface area contributed by atoms with Gasteiger partial charge in [0.25, 0.3) is 0 Å². The Morgan fingerprint density at radius 1 is 1.44 bits per heavy atom. The number of rotatable bonds is 5. The summed E-state index contributed by atoms with van der Waals surface area (Å²) in [6.07, 6.45) is 0. The molecule has 0 aromatic heterocycles. The van der Waals surface area contributed by atoms with E-state index in [-0.39, 0.29) is 12.6 Å². The molecule has 0 spiro atoms. The molecule has 1 aromatic carbocycles. The van der Waals surface area contributed by atoms with Gasteiger partial charge in [-0.3, -0.25) is 0 Å². The monoisotopic (exact) mass is 223 g/mol. The van der Waals surface area contributed by atoms with E-state index in [0.29, 0.717) is 24.0 Å². The Labute approximate surface area is 95.3 Å². The summed E-state index contributed by atoms with van der Waals surface area (Å²) in [6.45, 7) is 4.29. The molecule has 0 aliphatic carbocycles. The number of nitrogen functional groups attached to an aromatic ring is 1. The molecule has 0 saturated heterocycles. The van der Waals surface area contributed by atoms with E-state index in [1.807, 2.05) is 13.8 Å². The van der Waals surface area contributed by atoms with Gasteiger partial charge in [-0.2, -0.15) is 0 Å². The Morgan fingerprint density at radius 2 is 2.19 bits per heavy atom. The van der Waals surface area contributed by atoms with Crippen molar-refractivity contribution in [1.29, 1.82) is 0 Å². The zero-order valence-electron chi connectivity index (χ0n) is 9.60.